The van der Waals surface area contributed by atoms with Crippen LogP contribution in [0.25, 0.3) is 21.9 Å². The molecule has 2 aromatic carbocycles. The lowest BCUT2D eigenvalue weighted by Gasteiger charge is -2.12. The van der Waals surface area contributed by atoms with Crippen molar-refractivity contribution >= 4 is 49.5 Å². The number of nitrogens with one attached hydrogen (secondary N) is 1. The maximum atomic E-state index is 12.3. The van der Waals surface area contributed by atoms with Crippen LogP contribution in [0.15, 0.2) is 51.8 Å². The van der Waals surface area contributed by atoms with Crippen molar-refractivity contribution in [3.63, 3.8) is 0 Å². The fourth-order valence-corrected chi connectivity index (χ4v) is 3.79. The topological polar surface area (TPSA) is 96.6 Å². The monoisotopic (exact) mass is 353 g/mol. The van der Waals surface area contributed by atoms with Crippen molar-refractivity contribution in [1.82, 2.24) is 4.72 Å². The van der Waals surface area contributed by atoms with Crippen molar-refractivity contribution in [3.8, 4) is 0 Å². The molecule has 1 aromatic heterocycles. The minimum Gasteiger partial charge on any atom is -0.480 e. The van der Waals surface area contributed by atoms with Crippen LogP contribution >= 0.6 is 11.6 Å². The van der Waals surface area contributed by atoms with Gasteiger partial charge < -0.3 is 9.52 Å². The van der Waals surface area contributed by atoms with Gasteiger partial charge in [0.05, 0.1) is 4.90 Å². The third-order valence-electron chi connectivity index (χ3n) is 3.41. The van der Waals surface area contributed by atoms with Gasteiger partial charge in [0.25, 0.3) is 0 Å². The number of halogens is 1. The number of carboxylic acid groups (broad SMARTS) is 1. The molecule has 8 heteroatoms. The molecule has 0 bridgehead atoms. The number of alkyl halides is 1. The Morgan fingerprint density at radius 1 is 1.17 bits per heavy atom. The van der Waals surface area contributed by atoms with Crippen LogP contribution in [-0.2, 0) is 14.8 Å². The van der Waals surface area contributed by atoms with E-state index < -0.39 is 22.0 Å². The van der Waals surface area contributed by atoms with Crippen LogP contribution in [0.4, 0.5) is 0 Å². The number of hydrogen-bond acceptors (Lipinski definition) is 4. The van der Waals surface area contributed by atoms with E-state index in [2.05, 4.69) is 4.72 Å². The van der Waals surface area contributed by atoms with Crippen LogP contribution < -0.4 is 4.72 Å². The van der Waals surface area contributed by atoms with Crippen LogP contribution in [0.1, 0.15) is 0 Å². The summed E-state index contributed by atoms with van der Waals surface area (Å²) in [6.45, 7) is 0. The Morgan fingerprint density at radius 2 is 1.87 bits per heavy atom. The fraction of sp³-hybridized carbons (Fsp3) is 0.133. The van der Waals surface area contributed by atoms with Gasteiger partial charge in [0.1, 0.15) is 17.2 Å². The van der Waals surface area contributed by atoms with Crippen molar-refractivity contribution < 1.29 is 22.7 Å². The van der Waals surface area contributed by atoms with E-state index >= 15 is 0 Å². The highest BCUT2D eigenvalue weighted by molar-refractivity contribution is 7.89. The van der Waals surface area contributed by atoms with Crippen molar-refractivity contribution in [1.29, 1.82) is 0 Å². The van der Waals surface area contributed by atoms with Crippen molar-refractivity contribution in [2.75, 3.05) is 5.88 Å². The number of furan rings is 1. The molecular formula is C15H12ClNO5S. The molecule has 3 rings (SSSR count). The SMILES string of the molecule is O=C(O)C(CCl)NS(=O)(=O)c1ccc2oc3ccccc3c2c1. The second-order valence-corrected chi connectivity index (χ2v) is 6.95. The average molecular weight is 354 g/mol. The molecule has 0 aliphatic rings. The van der Waals surface area contributed by atoms with Crippen molar-refractivity contribution in [2.24, 2.45) is 0 Å². The van der Waals surface area contributed by atoms with Crippen LogP contribution in [0.5, 0.6) is 0 Å². The van der Waals surface area contributed by atoms with Gasteiger partial charge in [-0.3, -0.25) is 4.79 Å². The highest BCUT2D eigenvalue weighted by Crippen LogP contribution is 2.30. The number of carbonyl (C=O) groups is 1. The number of sulfonamides is 1. The van der Waals surface area contributed by atoms with E-state index in [-0.39, 0.29) is 10.8 Å². The Hall–Kier alpha value is -2.09. The summed E-state index contributed by atoms with van der Waals surface area (Å²) < 4.78 is 32.4. The first kappa shape index (κ1) is 15.8. The minimum absolute atomic E-state index is 0.0482. The summed E-state index contributed by atoms with van der Waals surface area (Å²) in [5.41, 5.74) is 1.20. The molecule has 0 spiro atoms. The predicted octanol–water partition coefficient (Wildman–Crippen LogP) is 2.56. The summed E-state index contributed by atoms with van der Waals surface area (Å²) in [6.07, 6.45) is 0. The molecule has 0 amide bonds. The first-order chi connectivity index (χ1) is 10.9. The minimum atomic E-state index is -4.01. The average Bonchev–Trinajstić information content (AvgIpc) is 2.90. The number of aliphatic carboxylic acids is 1. The number of benzene rings is 2. The summed E-state index contributed by atoms with van der Waals surface area (Å²) in [5.74, 6) is -1.70. The molecule has 0 saturated heterocycles. The fourth-order valence-electron chi connectivity index (χ4n) is 2.28. The van der Waals surface area contributed by atoms with E-state index in [1.807, 2.05) is 18.2 Å². The molecule has 0 saturated carbocycles. The van der Waals surface area contributed by atoms with E-state index in [9.17, 15) is 13.2 Å². The Labute approximate surface area is 136 Å². The quantitative estimate of drug-likeness (QED) is 0.687. The lowest BCUT2D eigenvalue weighted by Crippen LogP contribution is -2.41. The highest BCUT2D eigenvalue weighted by atomic mass is 35.5. The largest absolute Gasteiger partial charge is 0.480 e. The number of rotatable bonds is 5. The van der Waals surface area contributed by atoms with Gasteiger partial charge in [0.2, 0.25) is 10.0 Å². The third kappa shape index (κ3) is 2.90. The lowest BCUT2D eigenvalue weighted by molar-refractivity contribution is -0.138. The number of hydrogen-bond donors (Lipinski definition) is 2. The van der Waals surface area contributed by atoms with Crippen LogP contribution in [0, 0.1) is 0 Å². The molecule has 0 fully saturated rings. The van der Waals surface area contributed by atoms with Gasteiger partial charge >= 0.3 is 5.97 Å². The summed E-state index contributed by atoms with van der Waals surface area (Å²) in [6, 6.07) is 10.2. The summed E-state index contributed by atoms with van der Waals surface area (Å²) >= 11 is 5.49. The molecule has 1 atom stereocenters. The molecule has 1 heterocycles. The van der Waals surface area contributed by atoms with Gasteiger partial charge in [-0.2, -0.15) is 4.72 Å². The van der Waals surface area contributed by atoms with Crippen LogP contribution in [0.3, 0.4) is 0 Å². The summed E-state index contributed by atoms with van der Waals surface area (Å²) in [5, 5.41) is 10.4. The first-order valence-corrected chi connectivity index (χ1v) is 8.66. The van der Waals surface area contributed by atoms with E-state index in [1.165, 1.54) is 12.1 Å². The third-order valence-corrected chi connectivity index (χ3v) is 5.19. The predicted molar refractivity (Wildman–Crippen MR) is 86.2 cm³/mol. The van der Waals surface area contributed by atoms with E-state index in [1.54, 1.807) is 12.1 Å². The van der Waals surface area contributed by atoms with Gasteiger partial charge in [-0.15, -0.1) is 11.6 Å². The second kappa shape index (κ2) is 5.84. The molecule has 0 aliphatic carbocycles. The van der Waals surface area contributed by atoms with Crippen molar-refractivity contribution in [3.05, 3.63) is 42.5 Å². The summed E-state index contributed by atoms with van der Waals surface area (Å²) in [4.78, 5) is 10.9. The number of carboxylic acids is 1. The zero-order valence-corrected chi connectivity index (χ0v) is 13.3. The van der Waals surface area contributed by atoms with Gasteiger partial charge in [0, 0.05) is 16.7 Å². The molecule has 6 nitrogen and oxygen atoms in total. The summed E-state index contributed by atoms with van der Waals surface area (Å²) in [7, 11) is -4.01. The Balaban J connectivity index is 2.08. The number of fused-ring (bicyclic) bond motifs is 3. The lowest BCUT2D eigenvalue weighted by atomic mass is 10.1. The van der Waals surface area contributed by atoms with E-state index in [0.717, 1.165) is 5.39 Å². The Kier molecular flexibility index (Phi) is 4.01. The highest BCUT2D eigenvalue weighted by Gasteiger charge is 2.25. The second-order valence-electron chi connectivity index (χ2n) is 4.92. The molecule has 23 heavy (non-hydrogen) atoms. The molecule has 120 valence electrons. The maximum absolute atomic E-state index is 12.3. The molecule has 0 radical (unpaired) electrons. The molecule has 2 N–H and O–H groups in total. The molecule has 3 aromatic rings. The van der Waals surface area contributed by atoms with Crippen LogP contribution in [0.2, 0.25) is 0 Å². The molecular weight excluding hydrogens is 342 g/mol. The molecule has 1 unspecified atom stereocenters. The maximum Gasteiger partial charge on any atom is 0.322 e. The zero-order chi connectivity index (χ0) is 16.6. The van der Waals surface area contributed by atoms with E-state index in [4.69, 9.17) is 21.1 Å². The number of para-hydroxylation sites is 1. The Morgan fingerprint density at radius 3 is 2.57 bits per heavy atom. The Bertz CT molecular complexity index is 995. The van der Waals surface area contributed by atoms with Crippen LogP contribution in [-0.4, -0.2) is 31.4 Å². The van der Waals surface area contributed by atoms with Gasteiger partial charge in [-0.05, 0) is 24.3 Å². The van der Waals surface area contributed by atoms with Gasteiger partial charge in [-0.25, -0.2) is 8.42 Å². The van der Waals surface area contributed by atoms with Gasteiger partial charge in [0.15, 0.2) is 0 Å². The standard InChI is InChI=1S/C15H12ClNO5S/c16-8-12(15(18)19)17-23(20,21)9-5-6-14-11(7-9)10-3-1-2-4-13(10)22-14/h1-7,12,17H,8H2,(H,18,19). The first-order valence-electron chi connectivity index (χ1n) is 6.65. The van der Waals surface area contributed by atoms with E-state index in [0.29, 0.717) is 16.6 Å². The smallest absolute Gasteiger partial charge is 0.322 e. The normalized spacial score (nSPS) is 13.4. The van der Waals surface area contributed by atoms with Gasteiger partial charge in [-0.1, -0.05) is 18.2 Å². The molecule has 0 aliphatic heterocycles. The van der Waals surface area contributed by atoms with Crippen molar-refractivity contribution in [2.45, 2.75) is 10.9 Å². The zero-order valence-electron chi connectivity index (χ0n) is 11.7.